The van der Waals surface area contributed by atoms with E-state index in [9.17, 15) is 4.79 Å². The number of hydrogen-bond donors (Lipinski definition) is 3. The van der Waals surface area contributed by atoms with E-state index in [-0.39, 0.29) is 31.0 Å². The van der Waals surface area contributed by atoms with Crippen LogP contribution in [0.25, 0.3) is 0 Å². The van der Waals surface area contributed by atoms with Gasteiger partial charge in [0.05, 0.1) is 18.2 Å². The van der Waals surface area contributed by atoms with Gasteiger partial charge in [-0.2, -0.15) is 5.48 Å². The molecule has 3 atom stereocenters. The normalized spacial score (nSPS) is 25.7. The number of hydrogen-bond acceptors (Lipinski definition) is 8. The van der Waals surface area contributed by atoms with Gasteiger partial charge in [-0.15, -0.1) is 0 Å². The van der Waals surface area contributed by atoms with Gasteiger partial charge in [-0.25, -0.2) is 4.79 Å². The first-order chi connectivity index (χ1) is 17.1. The lowest BCUT2D eigenvalue weighted by atomic mass is 10.00. The molecule has 9 nitrogen and oxygen atoms in total. The number of piperidine rings is 1. The lowest BCUT2D eigenvalue weighted by Crippen LogP contribution is -2.41. The standard InChI is InChI=1S/C26H33N5O4/c32-25(33)17-34-21-7-11-31(12-8-21)16-22-13-24(30-35-22)20-3-1-18(2-4-20)14-29-26-23-15-27-9-5-19(23)6-10-28-26/h1-5,9,14-15,21-22,24,26,28,30H,6-8,10-13,16-17H2,(H,32,33). The monoisotopic (exact) mass is 479 g/mol. The number of pyridine rings is 1. The highest BCUT2D eigenvalue weighted by Crippen LogP contribution is 2.27. The summed E-state index contributed by atoms with van der Waals surface area (Å²) in [6.45, 7) is 3.38. The Balaban J connectivity index is 1.09. The van der Waals surface area contributed by atoms with Crippen molar-refractivity contribution in [3.8, 4) is 0 Å². The van der Waals surface area contributed by atoms with E-state index in [0.29, 0.717) is 0 Å². The van der Waals surface area contributed by atoms with Crippen LogP contribution in [0.15, 0.2) is 47.7 Å². The zero-order chi connectivity index (χ0) is 24.0. The Hall–Kier alpha value is -2.69. The summed E-state index contributed by atoms with van der Waals surface area (Å²) in [6, 6.07) is 10.7. The number of nitrogens with zero attached hydrogens (tertiary/aromatic N) is 3. The summed E-state index contributed by atoms with van der Waals surface area (Å²) in [5.41, 5.74) is 7.94. The highest BCUT2D eigenvalue weighted by atomic mass is 16.7. The number of aromatic nitrogens is 1. The van der Waals surface area contributed by atoms with Crippen molar-refractivity contribution >= 4 is 12.2 Å². The molecule has 3 unspecified atom stereocenters. The molecule has 2 saturated heterocycles. The fourth-order valence-electron chi connectivity index (χ4n) is 5.06. The second kappa shape index (κ2) is 11.4. The summed E-state index contributed by atoms with van der Waals surface area (Å²) < 4.78 is 5.43. The topological polar surface area (TPSA) is 108 Å². The quantitative estimate of drug-likeness (QED) is 0.495. The van der Waals surface area contributed by atoms with E-state index in [1.54, 1.807) is 0 Å². The van der Waals surface area contributed by atoms with Crippen molar-refractivity contribution in [2.24, 2.45) is 4.99 Å². The molecular weight excluding hydrogens is 446 g/mol. The molecule has 9 heteroatoms. The summed E-state index contributed by atoms with van der Waals surface area (Å²) in [4.78, 5) is 27.9. The molecule has 2 fully saturated rings. The number of rotatable bonds is 8. The summed E-state index contributed by atoms with van der Waals surface area (Å²) in [6.07, 6.45) is 9.44. The van der Waals surface area contributed by atoms with Crippen LogP contribution < -0.4 is 10.8 Å². The molecule has 3 aliphatic heterocycles. The molecular formula is C26H33N5O4. The van der Waals surface area contributed by atoms with Gasteiger partial charge < -0.3 is 14.7 Å². The number of carboxylic acid groups (broad SMARTS) is 1. The largest absolute Gasteiger partial charge is 0.480 e. The maximum absolute atomic E-state index is 10.7. The van der Waals surface area contributed by atoms with Crippen molar-refractivity contribution < 1.29 is 19.5 Å². The predicted octanol–water partition coefficient (Wildman–Crippen LogP) is 2.25. The minimum atomic E-state index is -0.909. The lowest BCUT2D eigenvalue weighted by molar-refractivity contribution is -0.145. The second-order valence-corrected chi connectivity index (χ2v) is 9.48. The van der Waals surface area contributed by atoms with Gasteiger partial charge in [0.15, 0.2) is 0 Å². The average Bonchev–Trinajstić information content (AvgIpc) is 3.36. The van der Waals surface area contributed by atoms with Gasteiger partial charge in [0, 0.05) is 50.4 Å². The summed E-state index contributed by atoms with van der Waals surface area (Å²) in [5.74, 6) is -0.909. The number of hydroxylamine groups is 1. The first-order valence-corrected chi connectivity index (χ1v) is 12.4. The van der Waals surface area contributed by atoms with Crippen molar-refractivity contribution in [1.82, 2.24) is 20.7 Å². The minimum Gasteiger partial charge on any atom is -0.480 e. The number of aliphatic imine (C=N–C) groups is 1. The number of benzene rings is 1. The molecule has 0 bridgehead atoms. The van der Waals surface area contributed by atoms with Crippen LogP contribution in [0.3, 0.4) is 0 Å². The van der Waals surface area contributed by atoms with Crippen molar-refractivity contribution in [2.75, 3.05) is 32.8 Å². The fraction of sp³-hybridized carbons (Fsp3) is 0.500. The number of carbonyl (C=O) groups is 1. The summed E-state index contributed by atoms with van der Waals surface area (Å²) in [7, 11) is 0. The molecule has 0 amide bonds. The predicted molar refractivity (Wildman–Crippen MR) is 131 cm³/mol. The number of nitrogens with one attached hydrogen (secondary N) is 2. The van der Waals surface area contributed by atoms with Crippen LogP contribution in [0.2, 0.25) is 0 Å². The fourth-order valence-corrected chi connectivity index (χ4v) is 5.06. The first-order valence-electron chi connectivity index (χ1n) is 12.4. The highest BCUT2D eigenvalue weighted by molar-refractivity contribution is 5.79. The lowest BCUT2D eigenvalue weighted by Gasteiger charge is -2.32. The number of likely N-dealkylation sites (tertiary alicyclic amines) is 1. The van der Waals surface area contributed by atoms with Crippen molar-refractivity contribution in [2.45, 2.75) is 50.1 Å². The van der Waals surface area contributed by atoms with Crippen LogP contribution >= 0.6 is 0 Å². The first kappa shape index (κ1) is 24.0. The molecule has 2 aromatic rings. The van der Waals surface area contributed by atoms with Crippen molar-refractivity contribution in [1.29, 1.82) is 0 Å². The number of carboxylic acids is 1. The summed E-state index contributed by atoms with van der Waals surface area (Å²) >= 11 is 0. The SMILES string of the molecule is O=C(O)COC1CCN(CC2CC(c3ccc(C=NC4NCCc5ccncc54)cc3)NO2)CC1. The molecule has 35 heavy (non-hydrogen) atoms. The smallest absolute Gasteiger partial charge is 0.329 e. The van der Waals surface area contributed by atoms with E-state index >= 15 is 0 Å². The number of aliphatic carboxylic acids is 1. The third-order valence-corrected chi connectivity index (χ3v) is 7.00. The Morgan fingerprint density at radius 1 is 1.26 bits per heavy atom. The van der Waals surface area contributed by atoms with Crippen LogP contribution in [0.5, 0.6) is 0 Å². The summed E-state index contributed by atoms with van der Waals surface area (Å²) in [5, 5.41) is 12.2. The van der Waals surface area contributed by atoms with E-state index in [1.165, 1.54) is 11.1 Å². The van der Waals surface area contributed by atoms with E-state index < -0.39 is 5.97 Å². The van der Waals surface area contributed by atoms with Gasteiger partial charge in [0.25, 0.3) is 0 Å². The van der Waals surface area contributed by atoms with Crippen LogP contribution in [0.1, 0.15) is 53.7 Å². The van der Waals surface area contributed by atoms with Crippen LogP contribution in [0, 0.1) is 0 Å². The number of ether oxygens (including phenoxy) is 1. The van der Waals surface area contributed by atoms with Crippen LogP contribution in [-0.4, -0.2) is 72.2 Å². The molecule has 3 aliphatic rings. The van der Waals surface area contributed by atoms with Gasteiger partial charge in [0.2, 0.25) is 0 Å². The Kier molecular flexibility index (Phi) is 7.80. The van der Waals surface area contributed by atoms with Gasteiger partial charge in [-0.3, -0.25) is 20.1 Å². The molecule has 0 aliphatic carbocycles. The van der Waals surface area contributed by atoms with Gasteiger partial charge >= 0.3 is 5.97 Å². The average molecular weight is 480 g/mol. The Bertz CT molecular complexity index is 1020. The molecule has 5 rings (SSSR count). The molecule has 1 aromatic carbocycles. The van der Waals surface area contributed by atoms with E-state index in [1.807, 2.05) is 18.6 Å². The van der Waals surface area contributed by atoms with E-state index in [2.05, 4.69) is 51.0 Å². The molecule has 186 valence electrons. The molecule has 4 heterocycles. The highest BCUT2D eigenvalue weighted by Gasteiger charge is 2.30. The Morgan fingerprint density at radius 3 is 2.89 bits per heavy atom. The van der Waals surface area contributed by atoms with Crippen molar-refractivity contribution in [3.63, 3.8) is 0 Å². The third-order valence-electron chi connectivity index (χ3n) is 7.00. The zero-order valence-corrected chi connectivity index (χ0v) is 19.8. The molecule has 0 spiro atoms. The zero-order valence-electron chi connectivity index (χ0n) is 19.8. The Labute approximate surface area is 205 Å². The number of fused-ring (bicyclic) bond motifs is 1. The van der Waals surface area contributed by atoms with Gasteiger partial charge in [0.1, 0.15) is 12.8 Å². The Morgan fingerprint density at radius 2 is 2.09 bits per heavy atom. The minimum absolute atomic E-state index is 0.0417. The molecule has 1 aromatic heterocycles. The van der Waals surface area contributed by atoms with Crippen LogP contribution in [-0.2, 0) is 20.8 Å². The molecule has 0 saturated carbocycles. The maximum Gasteiger partial charge on any atom is 0.329 e. The van der Waals surface area contributed by atoms with Crippen LogP contribution in [0.4, 0.5) is 0 Å². The van der Waals surface area contributed by atoms with Crippen molar-refractivity contribution in [3.05, 3.63) is 65.0 Å². The molecule has 3 N–H and O–H groups in total. The third kappa shape index (κ3) is 6.31. The van der Waals surface area contributed by atoms with E-state index in [4.69, 9.17) is 19.7 Å². The van der Waals surface area contributed by atoms with E-state index in [0.717, 1.165) is 63.0 Å². The van der Waals surface area contributed by atoms with Gasteiger partial charge in [-0.1, -0.05) is 24.3 Å². The van der Waals surface area contributed by atoms with Gasteiger partial charge in [-0.05, 0) is 48.4 Å². The second-order valence-electron chi connectivity index (χ2n) is 9.48. The molecule has 0 radical (unpaired) electrons. The maximum atomic E-state index is 10.7.